The number of rotatable bonds is 6. The summed E-state index contributed by atoms with van der Waals surface area (Å²) < 4.78 is 18.7. The van der Waals surface area contributed by atoms with Gasteiger partial charge >= 0.3 is 5.69 Å². The van der Waals surface area contributed by atoms with Crippen LogP contribution in [0.1, 0.15) is 17.4 Å². The number of nitrogen functional groups attached to an aromatic ring is 1. The van der Waals surface area contributed by atoms with Crippen molar-refractivity contribution in [1.29, 1.82) is 0 Å². The minimum absolute atomic E-state index is 0.0204. The molecule has 162 valence electrons. The van der Waals surface area contributed by atoms with E-state index < -0.39 is 36.5 Å². The average molecular weight is 424 g/mol. The molecule has 0 aliphatic carbocycles. The maximum absolute atomic E-state index is 12.6. The highest BCUT2D eigenvalue weighted by molar-refractivity contribution is 5.59. The molecule has 2 heterocycles. The third kappa shape index (κ3) is 3.67. The lowest BCUT2D eigenvalue weighted by Gasteiger charge is -2.38. The lowest BCUT2D eigenvalue weighted by Crippen LogP contribution is -2.59. The third-order valence-corrected chi connectivity index (χ3v) is 4.87. The molecule has 1 saturated heterocycles. The predicted molar refractivity (Wildman–Crippen MR) is 100 cm³/mol. The highest BCUT2D eigenvalue weighted by atomic mass is 19.1. The fourth-order valence-electron chi connectivity index (χ4n) is 3.25. The first kappa shape index (κ1) is 21.8. The van der Waals surface area contributed by atoms with E-state index >= 15 is 0 Å². The van der Waals surface area contributed by atoms with Crippen LogP contribution in [0.15, 0.2) is 41.6 Å². The van der Waals surface area contributed by atoms with Crippen LogP contribution < -0.4 is 11.4 Å². The lowest BCUT2D eigenvalue weighted by molar-refractivity contribution is -0.317. The molecule has 30 heavy (non-hydrogen) atoms. The van der Waals surface area contributed by atoms with Crippen LogP contribution in [-0.4, -0.2) is 64.8 Å². The molecule has 1 aliphatic heterocycles. The molecular weight excluding hydrogens is 403 g/mol. The molecule has 4 atom stereocenters. The van der Waals surface area contributed by atoms with Gasteiger partial charge in [-0.05, 0) is 23.8 Å². The molecule has 1 unspecified atom stereocenters. The van der Waals surface area contributed by atoms with E-state index in [2.05, 4.69) is 4.98 Å². The topological polar surface area (TPSA) is 175 Å². The van der Waals surface area contributed by atoms with E-state index in [1.165, 1.54) is 24.3 Å². The third-order valence-electron chi connectivity index (χ3n) is 4.87. The number of nitrogens with zero attached hydrogens (tertiary/aromatic N) is 3. The number of hydroxylamine groups is 2. The number of aliphatic hydroxyl groups excluding tert-OH is 2. The molecule has 0 bridgehead atoms. The number of phenols is 1. The Morgan fingerprint density at radius 1 is 1.37 bits per heavy atom. The zero-order valence-electron chi connectivity index (χ0n) is 15.5. The molecule has 7 N–H and O–H groups in total. The van der Waals surface area contributed by atoms with Gasteiger partial charge in [-0.1, -0.05) is 12.1 Å². The van der Waals surface area contributed by atoms with Gasteiger partial charge in [0.1, 0.15) is 23.8 Å². The summed E-state index contributed by atoms with van der Waals surface area (Å²) in [5, 5.41) is 51.6. The summed E-state index contributed by atoms with van der Waals surface area (Å²) in [7, 11) is 0. The molecule has 1 aliphatic rings. The standard InChI is InChI=1S/C18H21FN4O7/c19-6-5-11-7-21-17(27)23(15(11)20)16-18(28,14(26)13(9-24)30-16)22(29)8-10-1-3-12(25)4-2-10/h1-7,13-14,16,24-26,28-29H,8-9,20H2/b6-5+/t13-,14-,16?,18-/m1/s1. The summed E-state index contributed by atoms with van der Waals surface area (Å²) in [6.45, 7) is -1.11. The Morgan fingerprint density at radius 2 is 2.03 bits per heavy atom. The molecule has 0 radical (unpaired) electrons. The van der Waals surface area contributed by atoms with Crippen LogP contribution in [0.5, 0.6) is 5.75 Å². The lowest BCUT2D eigenvalue weighted by atomic mass is 10.0. The second kappa shape index (κ2) is 8.47. The number of halogens is 1. The van der Waals surface area contributed by atoms with E-state index in [0.29, 0.717) is 15.2 Å². The fraction of sp³-hybridized carbons (Fsp3) is 0.333. The first-order valence-corrected chi connectivity index (χ1v) is 8.79. The minimum Gasteiger partial charge on any atom is -0.508 e. The normalized spacial score (nSPS) is 26.7. The molecule has 0 saturated carbocycles. The number of hydrogen-bond donors (Lipinski definition) is 6. The van der Waals surface area contributed by atoms with Crippen LogP contribution in [0, 0.1) is 0 Å². The summed E-state index contributed by atoms with van der Waals surface area (Å²) in [4.78, 5) is 15.9. The van der Waals surface area contributed by atoms with Gasteiger partial charge < -0.3 is 36.1 Å². The number of ether oxygens (including phenoxy) is 1. The van der Waals surface area contributed by atoms with Gasteiger partial charge in [-0.3, -0.25) is 0 Å². The van der Waals surface area contributed by atoms with Crippen molar-refractivity contribution in [3.05, 3.63) is 58.4 Å². The predicted octanol–water partition coefficient (Wildman–Crippen LogP) is -0.698. The van der Waals surface area contributed by atoms with Crippen LogP contribution >= 0.6 is 0 Å². The van der Waals surface area contributed by atoms with Gasteiger partial charge in [-0.25, -0.2) is 18.7 Å². The summed E-state index contributed by atoms with van der Waals surface area (Å²) in [5.41, 5.74) is 2.67. The Morgan fingerprint density at radius 3 is 2.63 bits per heavy atom. The highest BCUT2D eigenvalue weighted by Gasteiger charge is 2.60. The maximum atomic E-state index is 12.6. The zero-order valence-corrected chi connectivity index (χ0v) is 15.5. The van der Waals surface area contributed by atoms with Gasteiger partial charge in [0.25, 0.3) is 0 Å². The van der Waals surface area contributed by atoms with Crippen LogP contribution in [0.3, 0.4) is 0 Å². The molecule has 0 spiro atoms. The van der Waals surface area contributed by atoms with E-state index in [0.717, 1.165) is 12.3 Å². The Kier molecular flexibility index (Phi) is 6.17. The molecule has 3 rings (SSSR count). The molecule has 12 heteroatoms. The van der Waals surface area contributed by atoms with Crippen molar-refractivity contribution in [2.75, 3.05) is 12.3 Å². The van der Waals surface area contributed by atoms with Crippen LogP contribution in [0.4, 0.5) is 10.2 Å². The smallest absolute Gasteiger partial charge is 0.351 e. The van der Waals surface area contributed by atoms with Crippen molar-refractivity contribution >= 4 is 11.9 Å². The highest BCUT2D eigenvalue weighted by Crippen LogP contribution is 2.41. The number of nitrogens with two attached hydrogens (primary N) is 1. The average Bonchev–Trinajstić information content (AvgIpc) is 2.98. The maximum Gasteiger partial charge on any atom is 0.351 e. The first-order chi connectivity index (χ1) is 14.2. The quantitative estimate of drug-likeness (QED) is 0.257. The van der Waals surface area contributed by atoms with Crippen LogP contribution in [0.25, 0.3) is 6.08 Å². The van der Waals surface area contributed by atoms with Crippen LogP contribution in [-0.2, 0) is 11.3 Å². The van der Waals surface area contributed by atoms with Gasteiger partial charge in [0.15, 0.2) is 6.23 Å². The van der Waals surface area contributed by atoms with Gasteiger partial charge in [-0.2, -0.15) is 0 Å². The summed E-state index contributed by atoms with van der Waals surface area (Å²) in [6, 6.07) is 5.61. The van der Waals surface area contributed by atoms with Gasteiger partial charge in [0.05, 0.1) is 19.5 Å². The Balaban J connectivity index is 2.07. The second-order valence-corrected chi connectivity index (χ2v) is 6.71. The Bertz CT molecular complexity index is 983. The number of aliphatic hydroxyl groups is 3. The Labute approximate surface area is 169 Å². The summed E-state index contributed by atoms with van der Waals surface area (Å²) in [6.07, 6.45) is -2.98. The van der Waals surface area contributed by atoms with Gasteiger partial charge in [-0.15, -0.1) is 5.06 Å². The summed E-state index contributed by atoms with van der Waals surface area (Å²) in [5.74, 6) is -0.372. The number of hydrogen-bond acceptors (Lipinski definition) is 10. The molecule has 1 aromatic heterocycles. The minimum atomic E-state index is -2.65. The molecule has 1 aromatic carbocycles. The number of aromatic hydroxyl groups is 1. The van der Waals surface area contributed by atoms with E-state index in [4.69, 9.17) is 10.5 Å². The van der Waals surface area contributed by atoms with E-state index in [1.54, 1.807) is 0 Å². The van der Waals surface area contributed by atoms with E-state index in [1.807, 2.05) is 0 Å². The monoisotopic (exact) mass is 424 g/mol. The number of phenolic OH excluding ortho intramolecular Hbond substituents is 1. The largest absolute Gasteiger partial charge is 0.508 e. The van der Waals surface area contributed by atoms with E-state index in [9.17, 15) is 34.8 Å². The number of aromatic nitrogens is 2. The number of benzene rings is 1. The van der Waals surface area contributed by atoms with Crippen molar-refractivity contribution in [3.63, 3.8) is 0 Å². The van der Waals surface area contributed by atoms with Crippen molar-refractivity contribution in [1.82, 2.24) is 14.6 Å². The van der Waals surface area contributed by atoms with Crippen molar-refractivity contribution in [2.45, 2.75) is 30.7 Å². The van der Waals surface area contributed by atoms with Gasteiger partial charge in [0, 0.05) is 11.8 Å². The van der Waals surface area contributed by atoms with Crippen molar-refractivity contribution in [3.8, 4) is 5.75 Å². The number of anilines is 1. The van der Waals surface area contributed by atoms with Crippen molar-refractivity contribution < 1.29 is 34.8 Å². The molecular formula is C18H21FN4O7. The van der Waals surface area contributed by atoms with E-state index in [-0.39, 0.29) is 30.0 Å². The zero-order chi connectivity index (χ0) is 22.1. The SMILES string of the molecule is Nc1c(/C=C/F)cnc(=O)n1C1O[C@H](CO)[C@@H](O)[C@]1(O)N(O)Cc1ccc(O)cc1. The van der Waals surface area contributed by atoms with Crippen LogP contribution in [0.2, 0.25) is 0 Å². The Hall–Kier alpha value is -2.87. The fourth-order valence-corrected chi connectivity index (χ4v) is 3.25. The molecule has 2 aromatic rings. The van der Waals surface area contributed by atoms with Crippen molar-refractivity contribution in [2.24, 2.45) is 0 Å². The molecule has 0 amide bonds. The summed E-state index contributed by atoms with van der Waals surface area (Å²) >= 11 is 0. The molecule has 11 nitrogen and oxygen atoms in total. The van der Waals surface area contributed by atoms with Gasteiger partial charge in [0.2, 0.25) is 5.72 Å². The second-order valence-electron chi connectivity index (χ2n) is 6.71. The first-order valence-electron chi connectivity index (χ1n) is 8.79. The molecule has 1 fully saturated rings.